The lowest BCUT2D eigenvalue weighted by molar-refractivity contribution is -0.119. The van der Waals surface area contributed by atoms with Crippen molar-refractivity contribution in [3.63, 3.8) is 0 Å². The summed E-state index contributed by atoms with van der Waals surface area (Å²) >= 11 is 0. The SMILES string of the molecule is Cc1c(CN2CC[C@@H]3NC(=O)C[C@@H]3C2)c(=O)n(-c2ccccc2)n1C. The first-order chi connectivity index (χ1) is 12.0. The highest BCUT2D eigenvalue weighted by Gasteiger charge is 2.37. The highest BCUT2D eigenvalue weighted by molar-refractivity contribution is 5.79. The van der Waals surface area contributed by atoms with Crippen molar-refractivity contribution >= 4 is 5.91 Å². The molecule has 0 bridgehead atoms. The van der Waals surface area contributed by atoms with Crippen molar-refractivity contribution in [1.82, 2.24) is 19.6 Å². The smallest absolute Gasteiger partial charge is 0.276 e. The second-order valence-electron chi connectivity index (χ2n) is 7.20. The molecule has 6 nitrogen and oxygen atoms in total. The van der Waals surface area contributed by atoms with Crippen molar-refractivity contribution in [2.75, 3.05) is 13.1 Å². The first-order valence-corrected chi connectivity index (χ1v) is 8.89. The highest BCUT2D eigenvalue weighted by Crippen LogP contribution is 2.26. The van der Waals surface area contributed by atoms with Gasteiger partial charge in [-0.05, 0) is 25.5 Å². The Hall–Kier alpha value is -2.34. The molecule has 2 aliphatic rings. The van der Waals surface area contributed by atoms with Crippen LogP contribution < -0.4 is 10.9 Å². The van der Waals surface area contributed by atoms with Gasteiger partial charge in [0.15, 0.2) is 0 Å². The van der Waals surface area contributed by atoms with Gasteiger partial charge in [0.05, 0.1) is 11.3 Å². The highest BCUT2D eigenvalue weighted by atomic mass is 16.2. The minimum Gasteiger partial charge on any atom is -0.353 e. The number of carbonyl (C=O) groups excluding carboxylic acids is 1. The first kappa shape index (κ1) is 16.1. The van der Waals surface area contributed by atoms with E-state index in [2.05, 4.69) is 10.2 Å². The molecule has 2 fully saturated rings. The zero-order valence-corrected chi connectivity index (χ0v) is 14.7. The molecular formula is C19H24N4O2. The van der Waals surface area contributed by atoms with Crippen LogP contribution in [0.1, 0.15) is 24.1 Å². The Morgan fingerprint density at radius 2 is 1.96 bits per heavy atom. The molecule has 2 saturated heterocycles. The molecule has 6 heteroatoms. The van der Waals surface area contributed by atoms with Gasteiger partial charge in [0.2, 0.25) is 5.91 Å². The number of carbonyl (C=O) groups is 1. The van der Waals surface area contributed by atoms with Crippen molar-refractivity contribution < 1.29 is 4.79 Å². The molecule has 1 amide bonds. The van der Waals surface area contributed by atoms with Gasteiger partial charge in [-0.15, -0.1) is 0 Å². The van der Waals surface area contributed by atoms with Crippen molar-refractivity contribution in [2.45, 2.75) is 32.4 Å². The van der Waals surface area contributed by atoms with E-state index in [4.69, 9.17) is 0 Å². The van der Waals surface area contributed by atoms with Gasteiger partial charge in [0.1, 0.15) is 0 Å². The fraction of sp³-hybridized carbons (Fsp3) is 0.474. The number of rotatable bonds is 3. The molecule has 1 aromatic heterocycles. The van der Waals surface area contributed by atoms with Gasteiger partial charge in [-0.1, -0.05) is 18.2 Å². The fourth-order valence-electron chi connectivity index (χ4n) is 4.18. The average molecular weight is 340 g/mol. The molecule has 132 valence electrons. The number of aromatic nitrogens is 2. The zero-order valence-electron chi connectivity index (χ0n) is 14.7. The standard InChI is InChI=1S/C19H24N4O2/c1-13-16(12-22-9-8-17-14(11-22)10-18(24)20-17)19(25)23(21(13)2)15-6-4-3-5-7-15/h3-7,14,17H,8-12H2,1-2H3,(H,20,24)/t14-,17+/m1/s1. The van der Waals surface area contributed by atoms with Crippen LogP contribution >= 0.6 is 0 Å². The van der Waals surface area contributed by atoms with Crippen LogP contribution in [0.3, 0.4) is 0 Å². The lowest BCUT2D eigenvalue weighted by Crippen LogP contribution is -2.44. The number of amides is 1. The molecule has 1 aromatic carbocycles. The molecule has 4 rings (SSSR count). The maximum absolute atomic E-state index is 13.0. The summed E-state index contributed by atoms with van der Waals surface area (Å²) in [6, 6.07) is 10.1. The van der Waals surface area contributed by atoms with Crippen molar-refractivity contribution in [2.24, 2.45) is 13.0 Å². The van der Waals surface area contributed by atoms with E-state index in [9.17, 15) is 9.59 Å². The van der Waals surface area contributed by atoms with Crippen LogP contribution in [0.15, 0.2) is 35.1 Å². The third-order valence-electron chi connectivity index (χ3n) is 5.67. The quantitative estimate of drug-likeness (QED) is 0.913. The summed E-state index contributed by atoms with van der Waals surface area (Å²) in [4.78, 5) is 26.9. The number of nitrogens with one attached hydrogen (secondary N) is 1. The topological polar surface area (TPSA) is 59.3 Å². The van der Waals surface area contributed by atoms with E-state index in [1.54, 1.807) is 4.68 Å². The Kier molecular flexibility index (Phi) is 4.00. The van der Waals surface area contributed by atoms with Gasteiger partial charge in [0.25, 0.3) is 5.56 Å². The molecule has 0 unspecified atom stereocenters. The summed E-state index contributed by atoms with van der Waals surface area (Å²) in [5.41, 5.74) is 2.78. The van der Waals surface area contributed by atoms with E-state index in [1.807, 2.05) is 49.0 Å². The van der Waals surface area contributed by atoms with Crippen LogP contribution in [0.5, 0.6) is 0 Å². The predicted octanol–water partition coefficient (Wildman–Crippen LogP) is 1.19. The largest absolute Gasteiger partial charge is 0.353 e. The van der Waals surface area contributed by atoms with E-state index < -0.39 is 0 Å². The molecule has 0 radical (unpaired) electrons. The van der Waals surface area contributed by atoms with Crippen LogP contribution in [0.2, 0.25) is 0 Å². The Morgan fingerprint density at radius 3 is 2.72 bits per heavy atom. The molecule has 0 spiro atoms. The van der Waals surface area contributed by atoms with E-state index in [1.165, 1.54) is 0 Å². The lowest BCUT2D eigenvalue weighted by atomic mass is 9.93. The number of nitrogens with zero attached hydrogens (tertiary/aromatic N) is 3. The molecule has 1 N–H and O–H groups in total. The van der Waals surface area contributed by atoms with E-state index >= 15 is 0 Å². The van der Waals surface area contributed by atoms with Crippen molar-refractivity contribution in [1.29, 1.82) is 0 Å². The zero-order chi connectivity index (χ0) is 17.6. The molecule has 25 heavy (non-hydrogen) atoms. The van der Waals surface area contributed by atoms with Gasteiger partial charge in [-0.3, -0.25) is 19.2 Å². The third-order valence-corrected chi connectivity index (χ3v) is 5.67. The molecule has 2 aliphatic heterocycles. The normalized spacial score (nSPS) is 23.5. The number of piperidine rings is 1. The number of likely N-dealkylation sites (tertiary alicyclic amines) is 1. The van der Waals surface area contributed by atoms with Crippen LogP contribution in [0, 0.1) is 12.8 Å². The van der Waals surface area contributed by atoms with Gasteiger partial charge in [0, 0.05) is 50.8 Å². The number of benzene rings is 1. The Bertz CT molecular complexity index is 852. The minimum absolute atomic E-state index is 0.0500. The number of fused-ring (bicyclic) bond motifs is 1. The number of hydrogen-bond donors (Lipinski definition) is 1. The van der Waals surface area contributed by atoms with E-state index in [0.29, 0.717) is 24.9 Å². The summed E-state index contributed by atoms with van der Waals surface area (Å²) in [5.74, 6) is 0.542. The number of para-hydroxylation sites is 1. The van der Waals surface area contributed by atoms with Gasteiger partial charge in [-0.2, -0.15) is 0 Å². The summed E-state index contributed by atoms with van der Waals surface area (Å²) in [6.45, 7) is 4.45. The van der Waals surface area contributed by atoms with E-state index in [0.717, 1.165) is 36.5 Å². The monoisotopic (exact) mass is 340 g/mol. The van der Waals surface area contributed by atoms with E-state index in [-0.39, 0.29) is 11.5 Å². The molecule has 2 aromatic rings. The van der Waals surface area contributed by atoms with Crippen LogP contribution in [-0.2, 0) is 18.4 Å². The van der Waals surface area contributed by atoms with Crippen LogP contribution in [0.4, 0.5) is 0 Å². The molecule has 0 aliphatic carbocycles. The predicted molar refractivity (Wildman–Crippen MR) is 95.7 cm³/mol. The third kappa shape index (κ3) is 2.80. The summed E-state index contributed by atoms with van der Waals surface area (Å²) in [5, 5.41) is 3.06. The Balaban J connectivity index is 1.60. The minimum atomic E-state index is 0.0500. The first-order valence-electron chi connectivity index (χ1n) is 8.89. The molecule has 2 atom stereocenters. The maximum atomic E-state index is 13.0. The van der Waals surface area contributed by atoms with Crippen molar-refractivity contribution in [3.8, 4) is 5.69 Å². The maximum Gasteiger partial charge on any atom is 0.276 e. The second-order valence-corrected chi connectivity index (χ2v) is 7.20. The lowest BCUT2D eigenvalue weighted by Gasteiger charge is -2.34. The summed E-state index contributed by atoms with van der Waals surface area (Å²) < 4.78 is 3.67. The Morgan fingerprint density at radius 1 is 1.20 bits per heavy atom. The van der Waals surface area contributed by atoms with Gasteiger partial charge < -0.3 is 5.32 Å². The molecular weight excluding hydrogens is 316 g/mol. The fourth-order valence-corrected chi connectivity index (χ4v) is 4.18. The average Bonchev–Trinajstić information content (AvgIpc) is 3.07. The van der Waals surface area contributed by atoms with Crippen LogP contribution in [0.25, 0.3) is 5.69 Å². The second kappa shape index (κ2) is 6.19. The van der Waals surface area contributed by atoms with Gasteiger partial charge in [-0.25, -0.2) is 4.68 Å². The summed E-state index contributed by atoms with van der Waals surface area (Å²) in [6.07, 6.45) is 1.58. The van der Waals surface area contributed by atoms with Crippen molar-refractivity contribution in [3.05, 3.63) is 51.9 Å². The van der Waals surface area contributed by atoms with Crippen LogP contribution in [-0.4, -0.2) is 39.3 Å². The summed E-state index contributed by atoms with van der Waals surface area (Å²) in [7, 11) is 1.93. The molecule has 0 saturated carbocycles. The molecule has 3 heterocycles. The number of hydrogen-bond acceptors (Lipinski definition) is 3. The Labute approximate surface area is 147 Å². The van der Waals surface area contributed by atoms with Gasteiger partial charge >= 0.3 is 0 Å².